The summed E-state index contributed by atoms with van der Waals surface area (Å²) in [7, 11) is -1.14. The van der Waals surface area contributed by atoms with Crippen LogP contribution in [0.15, 0.2) is 52.4 Å². The summed E-state index contributed by atoms with van der Waals surface area (Å²) in [6.45, 7) is 3.66. The van der Waals surface area contributed by atoms with Crippen LogP contribution in [-0.2, 0) is 19.3 Å². The molecule has 37 heavy (non-hydrogen) atoms. The molecule has 0 unspecified atom stereocenters. The lowest BCUT2D eigenvalue weighted by Gasteiger charge is -2.28. The quantitative estimate of drug-likeness (QED) is 0.299. The number of hydrogen-bond acceptors (Lipinski definition) is 8. The molecule has 0 aliphatic heterocycles. The second-order valence-electron chi connectivity index (χ2n) is 8.46. The summed E-state index contributed by atoms with van der Waals surface area (Å²) in [6.07, 6.45) is 1.23. The Bertz CT molecular complexity index is 1630. The van der Waals surface area contributed by atoms with E-state index in [-0.39, 0.29) is 39.3 Å². The minimum atomic E-state index is -4.08. The fraction of sp³-hybridized carbons (Fsp3) is 0.292. The highest BCUT2D eigenvalue weighted by molar-refractivity contribution is 7.92. The van der Waals surface area contributed by atoms with E-state index >= 15 is 0 Å². The van der Waals surface area contributed by atoms with Gasteiger partial charge in [0.25, 0.3) is 0 Å². The summed E-state index contributed by atoms with van der Waals surface area (Å²) in [5, 5.41) is 0.497. The van der Waals surface area contributed by atoms with Gasteiger partial charge in [0.05, 0.1) is 34.1 Å². The molecule has 2 aromatic heterocycles. The van der Waals surface area contributed by atoms with Crippen LogP contribution < -0.4 is 15.2 Å². The Labute approximate surface area is 223 Å². The largest absolute Gasteiger partial charge is 0.491 e. The minimum absolute atomic E-state index is 0.0676. The Balaban J connectivity index is 1.86. The van der Waals surface area contributed by atoms with Crippen molar-refractivity contribution >= 4 is 44.2 Å². The number of aromatic nitrogens is 4. The van der Waals surface area contributed by atoms with Crippen molar-refractivity contribution in [2.45, 2.75) is 23.5 Å². The molecule has 2 aromatic carbocycles. The highest BCUT2D eigenvalue weighted by atomic mass is 35.5. The van der Waals surface area contributed by atoms with E-state index in [1.165, 1.54) is 36.2 Å². The Morgan fingerprint density at radius 2 is 1.81 bits per heavy atom. The summed E-state index contributed by atoms with van der Waals surface area (Å²) in [6, 6.07) is 8.93. The van der Waals surface area contributed by atoms with Crippen molar-refractivity contribution in [1.82, 2.24) is 19.5 Å². The first-order valence-electron chi connectivity index (χ1n) is 11.0. The average molecular weight is 567 g/mol. The van der Waals surface area contributed by atoms with Gasteiger partial charge in [-0.05, 0) is 50.2 Å². The van der Waals surface area contributed by atoms with Crippen molar-refractivity contribution in [1.29, 1.82) is 0 Å². The molecule has 0 radical (unpaired) electrons. The summed E-state index contributed by atoms with van der Waals surface area (Å²) in [5.74, 6) is 0.518. The molecule has 0 aliphatic rings. The Hall–Kier alpha value is -3.12. The zero-order chi connectivity index (χ0) is 27.0. The molecule has 0 aliphatic carbocycles. The first kappa shape index (κ1) is 26.9. The van der Waals surface area contributed by atoms with Gasteiger partial charge in [-0.15, -0.1) is 0 Å². The molecule has 2 heterocycles. The number of aromatic amines is 1. The van der Waals surface area contributed by atoms with E-state index in [4.69, 9.17) is 37.4 Å². The van der Waals surface area contributed by atoms with Gasteiger partial charge in [-0.2, -0.15) is 4.98 Å². The van der Waals surface area contributed by atoms with E-state index < -0.39 is 20.3 Å². The van der Waals surface area contributed by atoms with E-state index in [0.717, 1.165) is 0 Å². The van der Waals surface area contributed by atoms with Crippen LogP contribution in [0.4, 0.5) is 0 Å². The average Bonchev–Trinajstić information content (AvgIpc) is 3.20. The summed E-state index contributed by atoms with van der Waals surface area (Å²) >= 11 is 12.7. The first-order chi connectivity index (χ1) is 17.5. The van der Waals surface area contributed by atoms with Crippen molar-refractivity contribution < 1.29 is 22.6 Å². The molecule has 0 saturated heterocycles. The van der Waals surface area contributed by atoms with Crippen LogP contribution in [0.1, 0.15) is 19.4 Å². The number of imidazole rings is 1. The SMILES string of the molecule is COCCOc1ccc(Cl)cc1C(C)(C)S(=O)(=O)c1ccc(Cl)c(-n2c(=O)[nH]c3c(OC)ncnc32)c1. The van der Waals surface area contributed by atoms with Gasteiger partial charge in [0.15, 0.2) is 15.5 Å². The van der Waals surface area contributed by atoms with Crippen LogP contribution in [0.3, 0.4) is 0 Å². The maximum atomic E-state index is 14.0. The topological polar surface area (TPSA) is 125 Å². The van der Waals surface area contributed by atoms with Gasteiger partial charge < -0.3 is 14.2 Å². The standard InChI is InChI=1S/C24H24Cl2N4O6S/c1-24(2,16-11-14(25)5-8-19(16)36-10-9-34-3)37(32,33)15-6-7-17(26)18(12-15)30-21-20(29-23(30)31)22(35-4)28-13-27-21/h5-8,11-13H,9-10H2,1-4H3,(H,29,31). The highest BCUT2D eigenvalue weighted by Crippen LogP contribution is 2.42. The molecule has 196 valence electrons. The predicted octanol–water partition coefficient (Wildman–Crippen LogP) is 4.16. The number of nitrogens with zero attached hydrogens (tertiary/aromatic N) is 3. The smallest absolute Gasteiger partial charge is 0.332 e. The third-order valence-electron chi connectivity index (χ3n) is 5.91. The van der Waals surface area contributed by atoms with Crippen molar-refractivity contribution in [3.05, 3.63) is 68.8 Å². The van der Waals surface area contributed by atoms with Gasteiger partial charge >= 0.3 is 5.69 Å². The summed E-state index contributed by atoms with van der Waals surface area (Å²) in [4.78, 5) is 23.6. The van der Waals surface area contributed by atoms with Crippen LogP contribution in [0.5, 0.6) is 11.6 Å². The lowest BCUT2D eigenvalue weighted by molar-refractivity contribution is 0.145. The van der Waals surface area contributed by atoms with Gasteiger partial charge in [-0.3, -0.25) is 4.98 Å². The molecular formula is C24H24Cl2N4O6S. The van der Waals surface area contributed by atoms with Crippen LogP contribution in [-0.4, -0.2) is 55.4 Å². The molecule has 13 heteroatoms. The molecule has 0 amide bonds. The van der Waals surface area contributed by atoms with Gasteiger partial charge in [-0.25, -0.2) is 22.8 Å². The monoisotopic (exact) mass is 566 g/mol. The molecule has 0 spiro atoms. The maximum absolute atomic E-state index is 14.0. The zero-order valence-corrected chi connectivity index (χ0v) is 22.7. The lowest BCUT2D eigenvalue weighted by Crippen LogP contribution is -2.30. The number of ether oxygens (including phenoxy) is 3. The normalized spacial score (nSPS) is 12.2. The fourth-order valence-corrected chi connectivity index (χ4v) is 5.81. The first-order valence-corrected chi connectivity index (χ1v) is 13.2. The number of H-pyrrole nitrogens is 1. The molecule has 0 saturated carbocycles. The molecule has 0 fully saturated rings. The van der Waals surface area contributed by atoms with Gasteiger partial charge in [0, 0.05) is 17.7 Å². The maximum Gasteiger partial charge on any atom is 0.332 e. The van der Waals surface area contributed by atoms with E-state index in [2.05, 4.69) is 15.0 Å². The van der Waals surface area contributed by atoms with Crippen LogP contribution in [0.2, 0.25) is 10.0 Å². The van der Waals surface area contributed by atoms with E-state index in [9.17, 15) is 13.2 Å². The van der Waals surface area contributed by atoms with Crippen molar-refractivity contribution in [3.8, 4) is 17.3 Å². The number of hydrogen-bond donors (Lipinski definition) is 1. The highest BCUT2D eigenvalue weighted by Gasteiger charge is 2.40. The van der Waals surface area contributed by atoms with Crippen LogP contribution >= 0.6 is 23.2 Å². The number of benzene rings is 2. The second-order valence-corrected chi connectivity index (χ2v) is 11.8. The van der Waals surface area contributed by atoms with Crippen molar-refractivity contribution in [2.75, 3.05) is 27.4 Å². The lowest BCUT2D eigenvalue weighted by atomic mass is 10.0. The van der Waals surface area contributed by atoms with E-state index in [1.807, 2.05) is 0 Å². The Morgan fingerprint density at radius 3 is 2.51 bits per heavy atom. The Morgan fingerprint density at radius 1 is 1.05 bits per heavy atom. The van der Waals surface area contributed by atoms with Crippen LogP contribution in [0, 0.1) is 0 Å². The number of fused-ring (bicyclic) bond motifs is 1. The van der Waals surface area contributed by atoms with E-state index in [0.29, 0.717) is 22.9 Å². The zero-order valence-electron chi connectivity index (χ0n) is 20.4. The van der Waals surface area contributed by atoms with Gasteiger partial charge in [-0.1, -0.05) is 23.2 Å². The fourth-order valence-electron chi connectivity index (χ4n) is 3.88. The van der Waals surface area contributed by atoms with E-state index in [1.54, 1.807) is 39.2 Å². The number of rotatable bonds is 9. The van der Waals surface area contributed by atoms with Gasteiger partial charge in [0.1, 0.15) is 24.2 Å². The van der Waals surface area contributed by atoms with Gasteiger partial charge in [0.2, 0.25) is 5.88 Å². The van der Waals surface area contributed by atoms with Crippen molar-refractivity contribution in [3.63, 3.8) is 0 Å². The Kier molecular flexibility index (Phi) is 7.52. The molecule has 4 aromatic rings. The molecule has 10 nitrogen and oxygen atoms in total. The second kappa shape index (κ2) is 10.3. The molecule has 1 N–H and O–H groups in total. The molecule has 0 atom stereocenters. The summed E-state index contributed by atoms with van der Waals surface area (Å²) < 4.78 is 43.8. The number of halogens is 2. The number of nitrogens with one attached hydrogen (secondary N) is 1. The molecule has 0 bridgehead atoms. The molecule has 4 rings (SSSR count). The predicted molar refractivity (Wildman–Crippen MR) is 140 cm³/mol. The minimum Gasteiger partial charge on any atom is -0.491 e. The number of methoxy groups -OCH3 is 2. The molecular weight excluding hydrogens is 543 g/mol. The summed E-state index contributed by atoms with van der Waals surface area (Å²) in [5.41, 5.74) is 0.327. The number of sulfone groups is 1. The van der Waals surface area contributed by atoms with Crippen molar-refractivity contribution in [2.24, 2.45) is 0 Å². The third kappa shape index (κ3) is 4.79. The third-order valence-corrected chi connectivity index (χ3v) is 8.90. The van der Waals surface area contributed by atoms with Crippen LogP contribution in [0.25, 0.3) is 16.9 Å².